The van der Waals surface area contributed by atoms with E-state index in [1.165, 1.54) is 11.8 Å². The van der Waals surface area contributed by atoms with Gasteiger partial charge in [0.15, 0.2) is 0 Å². The van der Waals surface area contributed by atoms with Crippen LogP contribution in [0.1, 0.15) is 12.5 Å². The fraction of sp³-hybridized carbons (Fsp3) is 0.615. The highest BCUT2D eigenvalue weighted by Crippen LogP contribution is 2.26. The van der Waals surface area contributed by atoms with Crippen LogP contribution in [0.15, 0.2) is 18.3 Å². The molecule has 0 amide bonds. The number of anilines is 1. The third kappa shape index (κ3) is 3.37. The third-order valence-corrected chi connectivity index (χ3v) is 3.56. The molecular formula is C13H18F3N3. The fourth-order valence-electron chi connectivity index (χ4n) is 2.24. The Labute approximate surface area is 111 Å². The highest BCUT2D eigenvalue weighted by Gasteiger charge is 2.40. The maximum Gasteiger partial charge on any atom is 0.403 e. The number of pyridine rings is 1. The number of piperazine rings is 1. The van der Waals surface area contributed by atoms with Crippen LogP contribution in [0, 0.1) is 6.92 Å². The molecule has 2 heterocycles. The molecule has 3 nitrogen and oxygen atoms in total. The highest BCUT2D eigenvalue weighted by molar-refractivity contribution is 5.41. The summed E-state index contributed by atoms with van der Waals surface area (Å²) in [6.45, 7) is 5.19. The molecule has 0 aromatic carbocycles. The number of aryl methyl sites for hydroxylation is 1. The van der Waals surface area contributed by atoms with Gasteiger partial charge in [-0.3, -0.25) is 4.90 Å². The Morgan fingerprint density at radius 2 is 1.84 bits per heavy atom. The second-order valence-electron chi connectivity index (χ2n) is 4.93. The van der Waals surface area contributed by atoms with E-state index < -0.39 is 12.2 Å². The zero-order chi connectivity index (χ0) is 14.0. The molecule has 0 aliphatic carbocycles. The Balaban J connectivity index is 1.96. The summed E-state index contributed by atoms with van der Waals surface area (Å²) in [6, 6.07) is 2.49. The number of rotatable bonds is 2. The summed E-state index contributed by atoms with van der Waals surface area (Å²) in [5, 5.41) is 0. The Bertz CT molecular complexity index is 425. The number of nitrogens with zero attached hydrogens (tertiary/aromatic N) is 3. The van der Waals surface area contributed by atoms with Crippen molar-refractivity contribution in [2.45, 2.75) is 26.1 Å². The van der Waals surface area contributed by atoms with Gasteiger partial charge >= 0.3 is 6.18 Å². The van der Waals surface area contributed by atoms with Crippen molar-refractivity contribution in [2.24, 2.45) is 0 Å². The van der Waals surface area contributed by atoms with E-state index in [9.17, 15) is 13.2 Å². The minimum absolute atomic E-state index is 0.413. The molecule has 0 saturated carbocycles. The van der Waals surface area contributed by atoms with Gasteiger partial charge in [0.05, 0.1) is 0 Å². The first kappa shape index (κ1) is 14.1. The van der Waals surface area contributed by atoms with Crippen molar-refractivity contribution < 1.29 is 13.2 Å². The summed E-state index contributed by atoms with van der Waals surface area (Å²) >= 11 is 0. The van der Waals surface area contributed by atoms with Crippen LogP contribution in [-0.2, 0) is 0 Å². The number of hydrogen-bond donors (Lipinski definition) is 0. The lowest BCUT2D eigenvalue weighted by molar-refractivity contribution is -0.179. The Morgan fingerprint density at radius 3 is 2.37 bits per heavy atom. The molecule has 0 radical (unpaired) electrons. The van der Waals surface area contributed by atoms with Crippen molar-refractivity contribution in [1.82, 2.24) is 9.88 Å². The van der Waals surface area contributed by atoms with Crippen molar-refractivity contribution >= 4 is 5.82 Å². The van der Waals surface area contributed by atoms with Gasteiger partial charge in [-0.25, -0.2) is 4.98 Å². The zero-order valence-corrected chi connectivity index (χ0v) is 11.1. The van der Waals surface area contributed by atoms with Crippen molar-refractivity contribution in [3.63, 3.8) is 0 Å². The van der Waals surface area contributed by atoms with E-state index in [2.05, 4.69) is 4.98 Å². The van der Waals surface area contributed by atoms with Crippen LogP contribution in [0.2, 0.25) is 0 Å². The van der Waals surface area contributed by atoms with Crippen LogP contribution >= 0.6 is 0 Å². The predicted octanol–water partition coefficient (Wildman–Crippen LogP) is 2.46. The molecular weight excluding hydrogens is 255 g/mol. The van der Waals surface area contributed by atoms with Crippen LogP contribution < -0.4 is 4.90 Å². The molecule has 6 heteroatoms. The molecule has 1 atom stereocenters. The van der Waals surface area contributed by atoms with Gasteiger partial charge in [0, 0.05) is 32.4 Å². The van der Waals surface area contributed by atoms with Crippen LogP contribution in [0.5, 0.6) is 0 Å². The SMILES string of the molecule is Cc1ccnc(N2CCN([C@H](C)C(F)(F)F)CC2)c1. The lowest BCUT2D eigenvalue weighted by Crippen LogP contribution is -2.53. The molecule has 1 saturated heterocycles. The van der Waals surface area contributed by atoms with Gasteiger partial charge in [0.1, 0.15) is 11.9 Å². The molecule has 1 aliphatic heterocycles. The second-order valence-corrected chi connectivity index (χ2v) is 4.93. The van der Waals surface area contributed by atoms with E-state index in [4.69, 9.17) is 0 Å². The molecule has 1 fully saturated rings. The molecule has 1 aromatic rings. The molecule has 106 valence electrons. The van der Waals surface area contributed by atoms with E-state index in [1.54, 1.807) is 6.20 Å². The quantitative estimate of drug-likeness (QED) is 0.825. The smallest absolute Gasteiger partial charge is 0.354 e. The van der Waals surface area contributed by atoms with Crippen molar-refractivity contribution in [3.8, 4) is 0 Å². The highest BCUT2D eigenvalue weighted by atomic mass is 19.4. The maximum absolute atomic E-state index is 12.6. The van der Waals surface area contributed by atoms with Crippen LogP contribution in [0.25, 0.3) is 0 Å². The van der Waals surface area contributed by atoms with E-state index in [0.717, 1.165) is 11.4 Å². The summed E-state index contributed by atoms with van der Waals surface area (Å²) < 4.78 is 37.9. The van der Waals surface area contributed by atoms with Gasteiger partial charge in [0.2, 0.25) is 0 Å². The van der Waals surface area contributed by atoms with Gasteiger partial charge < -0.3 is 4.90 Å². The standard InChI is InChI=1S/C13H18F3N3/c1-10-3-4-17-12(9-10)19-7-5-18(6-8-19)11(2)13(14,15)16/h3-4,9,11H,5-8H2,1-2H3/t11-/m1/s1. The third-order valence-electron chi connectivity index (χ3n) is 3.56. The monoisotopic (exact) mass is 273 g/mol. The zero-order valence-electron chi connectivity index (χ0n) is 11.1. The topological polar surface area (TPSA) is 19.4 Å². The molecule has 0 spiro atoms. The Hall–Kier alpha value is -1.30. The van der Waals surface area contributed by atoms with Gasteiger partial charge in [-0.15, -0.1) is 0 Å². The first-order chi connectivity index (χ1) is 8.88. The van der Waals surface area contributed by atoms with Crippen molar-refractivity contribution in [1.29, 1.82) is 0 Å². The Kier molecular flexibility index (Phi) is 3.99. The summed E-state index contributed by atoms with van der Waals surface area (Å²) in [4.78, 5) is 7.78. The number of hydrogen-bond acceptors (Lipinski definition) is 3. The molecule has 0 unspecified atom stereocenters. The van der Waals surface area contributed by atoms with Gasteiger partial charge in [0.25, 0.3) is 0 Å². The average molecular weight is 273 g/mol. The second kappa shape index (κ2) is 5.36. The maximum atomic E-state index is 12.6. The largest absolute Gasteiger partial charge is 0.403 e. The Morgan fingerprint density at radius 1 is 1.21 bits per heavy atom. The van der Waals surface area contributed by atoms with E-state index in [1.807, 2.05) is 24.0 Å². The van der Waals surface area contributed by atoms with E-state index in [-0.39, 0.29) is 0 Å². The lowest BCUT2D eigenvalue weighted by atomic mass is 10.2. The number of aromatic nitrogens is 1. The number of alkyl halides is 3. The van der Waals surface area contributed by atoms with Crippen LogP contribution in [0.4, 0.5) is 19.0 Å². The van der Waals surface area contributed by atoms with E-state index in [0.29, 0.717) is 26.2 Å². The molecule has 1 aromatic heterocycles. The van der Waals surface area contributed by atoms with Crippen LogP contribution in [-0.4, -0.2) is 48.3 Å². The van der Waals surface area contributed by atoms with Gasteiger partial charge in [-0.2, -0.15) is 13.2 Å². The van der Waals surface area contributed by atoms with Crippen molar-refractivity contribution in [3.05, 3.63) is 23.9 Å². The molecule has 0 bridgehead atoms. The molecule has 19 heavy (non-hydrogen) atoms. The predicted molar refractivity (Wildman–Crippen MR) is 68.3 cm³/mol. The fourth-order valence-corrected chi connectivity index (χ4v) is 2.24. The van der Waals surface area contributed by atoms with Gasteiger partial charge in [-0.1, -0.05) is 0 Å². The summed E-state index contributed by atoms with van der Waals surface area (Å²) in [5.74, 6) is 0.847. The minimum atomic E-state index is -4.15. The first-order valence-electron chi connectivity index (χ1n) is 6.36. The first-order valence-corrected chi connectivity index (χ1v) is 6.36. The molecule has 0 N–H and O–H groups in total. The number of halogens is 3. The van der Waals surface area contributed by atoms with Crippen molar-refractivity contribution in [2.75, 3.05) is 31.1 Å². The summed E-state index contributed by atoms with van der Waals surface area (Å²) in [7, 11) is 0. The normalized spacial score (nSPS) is 19.5. The minimum Gasteiger partial charge on any atom is -0.354 e. The molecule has 1 aliphatic rings. The summed E-state index contributed by atoms with van der Waals surface area (Å²) in [5.41, 5.74) is 1.11. The van der Waals surface area contributed by atoms with Crippen LogP contribution in [0.3, 0.4) is 0 Å². The summed E-state index contributed by atoms with van der Waals surface area (Å²) in [6.07, 6.45) is -2.42. The van der Waals surface area contributed by atoms with E-state index >= 15 is 0 Å². The molecule has 2 rings (SSSR count). The van der Waals surface area contributed by atoms with Gasteiger partial charge in [-0.05, 0) is 31.5 Å². The lowest BCUT2D eigenvalue weighted by Gasteiger charge is -2.39. The average Bonchev–Trinajstić information content (AvgIpc) is 2.37.